The molecule has 1 aliphatic heterocycles. The standard InChI is InChI=1S/C25H35N5O4S/c1-14(2)12-18(29-24(34)30-25(3,4)5)22(33)27-17(13-15-10-11-26-21(15)32)20(31)23-28-16-8-6-7-9-19(16)35-23/h6-9,14-15,17-18H,10-13H2,1-5H3,(H,26,32)(H,27,33)(H2,29,30,34)/t15-,17-,18-/m0/s1. The summed E-state index contributed by atoms with van der Waals surface area (Å²) in [5.41, 5.74) is 0.243. The van der Waals surface area contributed by atoms with E-state index in [0.717, 1.165) is 4.70 Å². The molecule has 0 aliphatic carbocycles. The molecule has 10 heteroatoms. The molecule has 0 saturated carbocycles. The van der Waals surface area contributed by atoms with E-state index in [9.17, 15) is 19.2 Å². The number of nitrogens with zero attached hydrogens (tertiary/aromatic N) is 1. The molecule has 9 nitrogen and oxygen atoms in total. The highest BCUT2D eigenvalue weighted by atomic mass is 32.1. The van der Waals surface area contributed by atoms with E-state index >= 15 is 0 Å². The molecule has 3 atom stereocenters. The van der Waals surface area contributed by atoms with Crippen LogP contribution in [-0.4, -0.2) is 52.8 Å². The van der Waals surface area contributed by atoms with Crippen molar-refractivity contribution in [3.8, 4) is 0 Å². The van der Waals surface area contributed by atoms with Gasteiger partial charge in [0.25, 0.3) is 0 Å². The molecule has 3 rings (SSSR count). The number of fused-ring (bicyclic) bond motifs is 1. The van der Waals surface area contributed by atoms with Crippen molar-refractivity contribution in [1.82, 2.24) is 26.3 Å². The van der Waals surface area contributed by atoms with E-state index in [1.54, 1.807) is 0 Å². The van der Waals surface area contributed by atoms with E-state index in [2.05, 4.69) is 26.3 Å². The third-order valence-corrected chi connectivity index (χ3v) is 6.69. The summed E-state index contributed by atoms with van der Waals surface area (Å²) in [6.45, 7) is 10.0. The number of hydrogen-bond donors (Lipinski definition) is 4. The summed E-state index contributed by atoms with van der Waals surface area (Å²) in [4.78, 5) is 56.0. The van der Waals surface area contributed by atoms with Crippen molar-refractivity contribution in [2.24, 2.45) is 11.8 Å². The largest absolute Gasteiger partial charge is 0.356 e. The quantitative estimate of drug-likeness (QED) is 0.393. The number of rotatable bonds is 9. The van der Waals surface area contributed by atoms with Crippen LogP contribution < -0.4 is 21.3 Å². The first kappa shape index (κ1) is 26.6. The predicted octanol–water partition coefficient (Wildman–Crippen LogP) is 3.00. The average Bonchev–Trinajstić information content (AvgIpc) is 3.36. The van der Waals surface area contributed by atoms with Crippen LogP contribution in [0.3, 0.4) is 0 Å². The van der Waals surface area contributed by atoms with Gasteiger partial charge < -0.3 is 21.3 Å². The van der Waals surface area contributed by atoms with Gasteiger partial charge in [-0.2, -0.15) is 0 Å². The summed E-state index contributed by atoms with van der Waals surface area (Å²) < 4.78 is 0.873. The Kier molecular flexibility index (Phi) is 8.47. The Morgan fingerprint density at radius 1 is 1.14 bits per heavy atom. The Bertz CT molecular complexity index is 1060. The number of amides is 4. The first-order valence-electron chi connectivity index (χ1n) is 12.0. The van der Waals surface area contributed by atoms with Gasteiger partial charge in [-0.05, 0) is 58.1 Å². The number of carbonyl (C=O) groups excluding carboxylic acids is 4. The second-order valence-electron chi connectivity index (χ2n) is 10.5. The summed E-state index contributed by atoms with van der Waals surface area (Å²) in [6, 6.07) is 5.22. The fourth-order valence-electron chi connectivity index (χ4n) is 4.02. The van der Waals surface area contributed by atoms with Crippen molar-refractivity contribution in [1.29, 1.82) is 0 Å². The van der Waals surface area contributed by atoms with Gasteiger partial charge in [0.1, 0.15) is 6.04 Å². The van der Waals surface area contributed by atoms with Gasteiger partial charge in [0, 0.05) is 18.0 Å². The summed E-state index contributed by atoms with van der Waals surface area (Å²) in [6.07, 6.45) is 1.17. The van der Waals surface area contributed by atoms with Crippen molar-refractivity contribution >= 4 is 45.2 Å². The fraction of sp³-hybridized carbons (Fsp3) is 0.560. The van der Waals surface area contributed by atoms with Crippen molar-refractivity contribution in [3.63, 3.8) is 0 Å². The number of ketones is 1. The SMILES string of the molecule is CC(C)C[C@H](NC(=O)NC(C)(C)C)C(=O)N[C@@H](C[C@@H]1CCNC1=O)C(=O)c1nc2ccccc2s1. The van der Waals surface area contributed by atoms with Crippen LogP contribution in [0.1, 0.15) is 63.7 Å². The highest BCUT2D eigenvalue weighted by Gasteiger charge is 2.35. The maximum Gasteiger partial charge on any atom is 0.315 e. The lowest BCUT2D eigenvalue weighted by Gasteiger charge is -2.27. The molecule has 190 valence electrons. The molecule has 35 heavy (non-hydrogen) atoms. The zero-order chi connectivity index (χ0) is 25.8. The smallest absolute Gasteiger partial charge is 0.315 e. The van der Waals surface area contributed by atoms with Crippen LogP contribution in [0.4, 0.5) is 4.79 Å². The first-order valence-corrected chi connectivity index (χ1v) is 12.8. The van der Waals surface area contributed by atoms with E-state index < -0.39 is 29.6 Å². The molecule has 1 saturated heterocycles. The van der Waals surface area contributed by atoms with Crippen LogP contribution >= 0.6 is 11.3 Å². The minimum Gasteiger partial charge on any atom is -0.356 e. The predicted molar refractivity (Wildman–Crippen MR) is 136 cm³/mol. The monoisotopic (exact) mass is 501 g/mol. The van der Waals surface area contributed by atoms with Gasteiger partial charge >= 0.3 is 6.03 Å². The Hall–Kier alpha value is -3.01. The minimum atomic E-state index is -0.931. The Labute approximate surface area is 209 Å². The number of aromatic nitrogens is 1. The van der Waals surface area contributed by atoms with E-state index in [1.807, 2.05) is 58.9 Å². The summed E-state index contributed by atoms with van der Waals surface area (Å²) in [7, 11) is 0. The highest BCUT2D eigenvalue weighted by Crippen LogP contribution is 2.25. The number of urea groups is 1. The van der Waals surface area contributed by atoms with Gasteiger partial charge in [-0.15, -0.1) is 11.3 Å². The van der Waals surface area contributed by atoms with Crippen LogP contribution in [0, 0.1) is 11.8 Å². The Morgan fingerprint density at radius 3 is 2.46 bits per heavy atom. The molecular weight excluding hydrogens is 466 g/mol. The summed E-state index contributed by atoms with van der Waals surface area (Å²) in [5.74, 6) is -1.16. The normalized spacial score (nSPS) is 17.7. The lowest BCUT2D eigenvalue weighted by Crippen LogP contribution is -2.56. The molecular formula is C25H35N5O4S. The van der Waals surface area contributed by atoms with Gasteiger partial charge in [0.15, 0.2) is 5.01 Å². The van der Waals surface area contributed by atoms with Crippen LogP contribution in [0.15, 0.2) is 24.3 Å². The number of benzene rings is 1. The van der Waals surface area contributed by atoms with E-state index in [0.29, 0.717) is 24.9 Å². The summed E-state index contributed by atoms with van der Waals surface area (Å²) >= 11 is 1.26. The van der Waals surface area contributed by atoms with Gasteiger partial charge in [-0.1, -0.05) is 26.0 Å². The minimum absolute atomic E-state index is 0.122. The molecule has 0 unspecified atom stereocenters. The molecule has 4 amide bonds. The van der Waals surface area contributed by atoms with Crippen LogP contribution in [-0.2, 0) is 9.59 Å². The Morgan fingerprint density at radius 2 is 1.86 bits per heavy atom. The van der Waals surface area contributed by atoms with E-state index in [4.69, 9.17) is 0 Å². The first-order chi connectivity index (χ1) is 16.4. The molecule has 0 radical (unpaired) electrons. The molecule has 4 N–H and O–H groups in total. The fourth-order valence-corrected chi connectivity index (χ4v) is 4.98. The van der Waals surface area contributed by atoms with Crippen molar-refractivity contribution < 1.29 is 19.2 Å². The molecule has 1 aromatic heterocycles. The lowest BCUT2D eigenvalue weighted by atomic mass is 9.95. The third-order valence-electron chi connectivity index (χ3n) is 5.64. The number of thiazole rings is 1. The molecule has 1 fully saturated rings. The van der Waals surface area contributed by atoms with Crippen molar-refractivity contribution in [2.45, 2.75) is 71.5 Å². The van der Waals surface area contributed by atoms with Crippen LogP contribution in [0.25, 0.3) is 10.2 Å². The van der Waals surface area contributed by atoms with E-state index in [-0.39, 0.29) is 35.0 Å². The van der Waals surface area contributed by atoms with Gasteiger partial charge in [-0.25, -0.2) is 9.78 Å². The van der Waals surface area contributed by atoms with Gasteiger partial charge in [-0.3, -0.25) is 14.4 Å². The maximum absolute atomic E-state index is 13.5. The second kappa shape index (κ2) is 11.2. The zero-order valence-electron chi connectivity index (χ0n) is 20.9. The van der Waals surface area contributed by atoms with Gasteiger partial charge in [0.2, 0.25) is 17.6 Å². The topological polar surface area (TPSA) is 129 Å². The number of nitrogens with one attached hydrogen (secondary N) is 4. The Balaban J connectivity index is 1.82. The molecule has 0 spiro atoms. The maximum atomic E-state index is 13.5. The number of para-hydroxylation sites is 1. The average molecular weight is 502 g/mol. The van der Waals surface area contributed by atoms with Crippen LogP contribution in [0.5, 0.6) is 0 Å². The molecule has 1 aromatic carbocycles. The van der Waals surface area contributed by atoms with Crippen molar-refractivity contribution in [3.05, 3.63) is 29.3 Å². The van der Waals surface area contributed by atoms with Crippen LogP contribution in [0.2, 0.25) is 0 Å². The van der Waals surface area contributed by atoms with Gasteiger partial charge in [0.05, 0.1) is 16.3 Å². The second-order valence-corrected chi connectivity index (χ2v) is 11.5. The zero-order valence-corrected chi connectivity index (χ0v) is 21.8. The summed E-state index contributed by atoms with van der Waals surface area (Å²) in [5, 5.41) is 11.5. The van der Waals surface area contributed by atoms with E-state index in [1.165, 1.54) is 11.3 Å². The molecule has 0 bridgehead atoms. The molecule has 1 aliphatic rings. The molecule has 2 heterocycles. The highest BCUT2D eigenvalue weighted by molar-refractivity contribution is 7.20. The third kappa shape index (κ3) is 7.48. The number of Topliss-reactive ketones (excluding diaryl/α,β-unsaturated/α-hetero) is 1. The number of carbonyl (C=O) groups is 4. The molecule has 2 aromatic rings. The number of hydrogen-bond acceptors (Lipinski definition) is 6. The van der Waals surface area contributed by atoms with Crippen molar-refractivity contribution in [2.75, 3.05) is 6.54 Å². The lowest BCUT2D eigenvalue weighted by molar-refractivity contribution is -0.125.